The number of carbonyl (C=O) groups excluding carboxylic acids is 1. The fourth-order valence-corrected chi connectivity index (χ4v) is 5.33. The number of halogens is 1. The van der Waals surface area contributed by atoms with Gasteiger partial charge in [-0.1, -0.05) is 41.1 Å². The summed E-state index contributed by atoms with van der Waals surface area (Å²) in [6.45, 7) is 7.78. The minimum absolute atomic E-state index is 0.257. The van der Waals surface area contributed by atoms with Gasteiger partial charge in [0.2, 0.25) is 0 Å². The maximum atomic E-state index is 13.7. The Bertz CT molecular complexity index is 1500. The summed E-state index contributed by atoms with van der Waals surface area (Å²) in [4.78, 5) is 32.0. The SMILES string of the molecule is CCOc1ccc([C@H]2C(C(=O)OC(C)C)=C(C)N=c3s/c(=C\c4ccc(OC)c(Cl)c4)c(=O)n32)cc1. The van der Waals surface area contributed by atoms with Gasteiger partial charge >= 0.3 is 5.97 Å². The third kappa shape index (κ3) is 5.10. The molecule has 0 N–H and O–H groups in total. The molecule has 9 heteroatoms. The van der Waals surface area contributed by atoms with Crippen LogP contribution < -0.4 is 24.4 Å². The number of rotatable bonds is 7. The monoisotopic (exact) mass is 526 g/mol. The highest BCUT2D eigenvalue weighted by atomic mass is 35.5. The second-order valence-electron chi connectivity index (χ2n) is 8.43. The van der Waals surface area contributed by atoms with Gasteiger partial charge in [-0.3, -0.25) is 9.36 Å². The number of benzene rings is 2. The first-order valence-corrected chi connectivity index (χ1v) is 12.7. The summed E-state index contributed by atoms with van der Waals surface area (Å²) in [6, 6.07) is 12.0. The Labute approximate surface area is 217 Å². The molecule has 0 aliphatic carbocycles. The van der Waals surface area contributed by atoms with Crippen LogP contribution in [0.25, 0.3) is 6.08 Å². The average molecular weight is 527 g/mol. The molecule has 0 radical (unpaired) electrons. The largest absolute Gasteiger partial charge is 0.495 e. The van der Waals surface area contributed by atoms with Gasteiger partial charge < -0.3 is 14.2 Å². The quantitative estimate of drug-likeness (QED) is 0.430. The molecule has 1 aliphatic rings. The molecule has 0 amide bonds. The van der Waals surface area contributed by atoms with Crippen LogP contribution in [-0.2, 0) is 9.53 Å². The molecule has 0 spiro atoms. The molecule has 4 rings (SSSR count). The number of aromatic nitrogens is 1. The van der Waals surface area contributed by atoms with Crippen molar-refractivity contribution in [1.82, 2.24) is 4.57 Å². The molecule has 0 saturated heterocycles. The van der Waals surface area contributed by atoms with Gasteiger partial charge in [0.05, 0.1) is 46.7 Å². The number of nitrogens with zero attached hydrogens (tertiary/aromatic N) is 2. The third-order valence-electron chi connectivity index (χ3n) is 5.56. The number of allylic oxidation sites excluding steroid dienone is 1. The fraction of sp³-hybridized carbons (Fsp3) is 0.296. The van der Waals surface area contributed by atoms with Crippen LogP contribution in [0.15, 0.2) is 63.5 Å². The Morgan fingerprint density at radius 3 is 2.56 bits per heavy atom. The second-order valence-corrected chi connectivity index (χ2v) is 9.85. The molecule has 188 valence electrons. The molecule has 1 aromatic heterocycles. The molecule has 1 aliphatic heterocycles. The summed E-state index contributed by atoms with van der Waals surface area (Å²) >= 11 is 7.53. The van der Waals surface area contributed by atoms with Crippen LogP contribution in [0.1, 0.15) is 44.9 Å². The van der Waals surface area contributed by atoms with Crippen molar-refractivity contribution in [2.45, 2.75) is 39.8 Å². The Morgan fingerprint density at radius 2 is 1.94 bits per heavy atom. The van der Waals surface area contributed by atoms with Crippen LogP contribution in [0.4, 0.5) is 0 Å². The molecule has 0 unspecified atom stereocenters. The molecule has 2 heterocycles. The molecular weight excluding hydrogens is 500 g/mol. The van der Waals surface area contributed by atoms with Crippen LogP contribution in [0.2, 0.25) is 5.02 Å². The number of ether oxygens (including phenoxy) is 3. The van der Waals surface area contributed by atoms with Gasteiger partial charge in [0.1, 0.15) is 11.5 Å². The fourth-order valence-electron chi connectivity index (χ4n) is 4.01. The number of carbonyl (C=O) groups is 1. The van der Waals surface area contributed by atoms with Crippen molar-refractivity contribution in [2.75, 3.05) is 13.7 Å². The van der Waals surface area contributed by atoms with Gasteiger partial charge in [0.25, 0.3) is 5.56 Å². The van der Waals surface area contributed by atoms with Crippen molar-refractivity contribution < 1.29 is 19.0 Å². The van der Waals surface area contributed by atoms with Gasteiger partial charge in [-0.2, -0.15) is 0 Å². The first kappa shape index (κ1) is 25.7. The van der Waals surface area contributed by atoms with Crippen molar-refractivity contribution >= 4 is 35.0 Å². The van der Waals surface area contributed by atoms with Gasteiger partial charge in [-0.25, -0.2) is 9.79 Å². The topological polar surface area (TPSA) is 79.1 Å². The lowest BCUT2D eigenvalue weighted by Gasteiger charge is -2.25. The Kier molecular flexibility index (Phi) is 7.66. The van der Waals surface area contributed by atoms with E-state index in [2.05, 4.69) is 4.99 Å². The molecule has 7 nitrogen and oxygen atoms in total. The predicted octanol–water partition coefficient (Wildman–Crippen LogP) is 4.25. The smallest absolute Gasteiger partial charge is 0.338 e. The van der Waals surface area contributed by atoms with Gasteiger partial charge in [0.15, 0.2) is 4.80 Å². The van der Waals surface area contributed by atoms with Crippen molar-refractivity contribution in [2.24, 2.45) is 4.99 Å². The van der Waals surface area contributed by atoms with E-state index in [9.17, 15) is 9.59 Å². The van der Waals surface area contributed by atoms with Crippen molar-refractivity contribution in [1.29, 1.82) is 0 Å². The lowest BCUT2D eigenvalue weighted by atomic mass is 9.96. The number of methoxy groups -OCH3 is 1. The molecule has 36 heavy (non-hydrogen) atoms. The van der Waals surface area contributed by atoms with Crippen LogP contribution >= 0.6 is 22.9 Å². The Morgan fingerprint density at radius 1 is 1.22 bits per heavy atom. The predicted molar refractivity (Wildman–Crippen MR) is 141 cm³/mol. The summed E-state index contributed by atoms with van der Waals surface area (Å²) < 4.78 is 18.4. The number of fused-ring (bicyclic) bond motifs is 1. The molecule has 2 aromatic carbocycles. The van der Waals surface area contributed by atoms with Crippen LogP contribution in [0.3, 0.4) is 0 Å². The maximum absolute atomic E-state index is 13.7. The maximum Gasteiger partial charge on any atom is 0.338 e. The molecule has 0 bridgehead atoms. The normalized spacial score (nSPS) is 15.5. The van der Waals surface area contributed by atoms with Crippen molar-refractivity contribution in [3.8, 4) is 11.5 Å². The average Bonchev–Trinajstić information content (AvgIpc) is 3.13. The molecule has 3 aromatic rings. The standard InChI is InChI=1S/C27H27ClN2O5S/c1-6-34-19-10-8-18(9-11-19)24-23(26(32)35-15(2)3)16(4)29-27-30(24)25(31)22(36-27)14-17-7-12-21(33-5)20(28)13-17/h7-15,24H,6H2,1-5H3/b22-14-/t24-/m0/s1. The van der Waals surface area contributed by atoms with Gasteiger partial charge in [-0.15, -0.1) is 0 Å². The number of hydrogen-bond donors (Lipinski definition) is 0. The highest BCUT2D eigenvalue weighted by Gasteiger charge is 2.33. The molecule has 1 atom stereocenters. The summed E-state index contributed by atoms with van der Waals surface area (Å²) in [5.41, 5.74) is 2.09. The lowest BCUT2D eigenvalue weighted by molar-refractivity contribution is -0.143. The Hall–Kier alpha value is -3.36. The first-order chi connectivity index (χ1) is 17.2. The molecule has 0 fully saturated rings. The van der Waals surface area contributed by atoms with E-state index in [0.717, 1.165) is 11.1 Å². The van der Waals surface area contributed by atoms with E-state index in [1.807, 2.05) is 37.3 Å². The summed E-state index contributed by atoms with van der Waals surface area (Å²) in [5, 5.41) is 0.445. The van der Waals surface area contributed by atoms with E-state index >= 15 is 0 Å². The highest BCUT2D eigenvalue weighted by molar-refractivity contribution is 7.07. The zero-order valence-electron chi connectivity index (χ0n) is 20.7. The van der Waals surface area contributed by atoms with E-state index in [1.54, 1.807) is 50.7 Å². The summed E-state index contributed by atoms with van der Waals surface area (Å²) in [6.07, 6.45) is 1.44. The number of esters is 1. The second kappa shape index (κ2) is 10.7. The van der Waals surface area contributed by atoms with E-state index < -0.39 is 12.0 Å². The van der Waals surface area contributed by atoms with Gasteiger partial charge in [-0.05, 0) is 69.2 Å². The van der Waals surface area contributed by atoms with Crippen LogP contribution in [0.5, 0.6) is 11.5 Å². The van der Waals surface area contributed by atoms with E-state index in [4.69, 9.17) is 25.8 Å². The number of hydrogen-bond acceptors (Lipinski definition) is 7. The summed E-state index contributed by atoms with van der Waals surface area (Å²) in [7, 11) is 1.55. The zero-order valence-corrected chi connectivity index (χ0v) is 22.3. The van der Waals surface area contributed by atoms with E-state index in [0.29, 0.717) is 43.7 Å². The minimum Gasteiger partial charge on any atom is -0.495 e. The lowest BCUT2D eigenvalue weighted by Crippen LogP contribution is -2.40. The van der Waals surface area contributed by atoms with Gasteiger partial charge in [0, 0.05) is 0 Å². The van der Waals surface area contributed by atoms with Crippen molar-refractivity contribution in [3.63, 3.8) is 0 Å². The highest BCUT2D eigenvalue weighted by Crippen LogP contribution is 2.32. The minimum atomic E-state index is -0.690. The summed E-state index contributed by atoms with van der Waals surface area (Å²) in [5.74, 6) is 0.758. The van der Waals surface area contributed by atoms with Crippen molar-refractivity contribution in [3.05, 3.63) is 89.6 Å². The van der Waals surface area contributed by atoms with Crippen LogP contribution in [0, 0.1) is 0 Å². The third-order valence-corrected chi connectivity index (χ3v) is 6.84. The van der Waals surface area contributed by atoms with Crippen LogP contribution in [-0.4, -0.2) is 30.4 Å². The molecular formula is C27H27ClN2O5S. The molecule has 0 saturated carbocycles. The van der Waals surface area contributed by atoms with E-state index in [1.165, 1.54) is 11.3 Å². The van der Waals surface area contributed by atoms with E-state index in [-0.39, 0.29) is 11.7 Å². The zero-order chi connectivity index (χ0) is 26.0. The Balaban J connectivity index is 1.89. The number of thiazole rings is 1. The first-order valence-electron chi connectivity index (χ1n) is 11.5.